The van der Waals surface area contributed by atoms with Gasteiger partial charge in [-0.25, -0.2) is 4.98 Å². The summed E-state index contributed by atoms with van der Waals surface area (Å²) < 4.78 is 5.49. The number of likely N-dealkylation sites (tertiary alicyclic amines) is 1. The van der Waals surface area contributed by atoms with Crippen molar-refractivity contribution in [1.29, 1.82) is 0 Å². The number of nitrogens with one attached hydrogen (secondary N) is 2. The maximum Gasteiger partial charge on any atom is 0.257 e. The first-order chi connectivity index (χ1) is 16.1. The number of rotatable bonds is 6. The molecule has 0 saturated carbocycles. The fraction of sp³-hybridized carbons (Fsp3) is 0.280. The van der Waals surface area contributed by atoms with Gasteiger partial charge in [0, 0.05) is 30.9 Å². The minimum Gasteiger partial charge on any atom is -0.496 e. The van der Waals surface area contributed by atoms with E-state index in [0.29, 0.717) is 30.9 Å². The van der Waals surface area contributed by atoms with E-state index >= 15 is 0 Å². The number of benzene rings is 1. The Bertz CT molecular complexity index is 1290. The Hall–Kier alpha value is -3.94. The Balaban J connectivity index is 1.29. The molecule has 4 aromatic rings. The number of carbonyl (C=O) groups is 1. The van der Waals surface area contributed by atoms with Crippen LogP contribution in [0.5, 0.6) is 5.75 Å². The van der Waals surface area contributed by atoms with E-state index < -0.39 is 0 Å². The number of anilines is 1. The minimum absolute atomic E-state index is 0.00155. The third-order valence-electron chi connectivity index (χ3n) is 6.15. The highest BCUT2D eigenvalue weighted by molar-refractivity contribution is 5.97. The van der Waals surface area contributed by atoms with Crippen LogP contribution < -0.4 is 10.1 Å². The largest absolute Gasteiger partial charge is 0.496 e. The van der Waals surface area contributed by atoms with Gasteiger partial charge in [-0.3, -0.25) is 14.9 Å². The van der Waals surface area contributed by atoms with Crippen LogP contribution in [0, 0.1) is 6.92 Å². The maximum atomic E-state index is 13.2. The Morgan fingerprint density at radius 3 is 2.94 bits per heavy atom. The van der Waals surface area contributed by atoms with Crippen LogP contribution in [0.3, 0.4) is 0 Å². The summed E-state index contributed by atoms with van der Waals surface area (Å²) in [5, 5.41) is 11.7. The van der Waals surface area contributed by atoms with E-state index in [0.717, 1.165) is 40.2 Å². The highest BCUT2D eigenvalue weighted by Crippen LogP contribution is 2.31. The Morgan fingerprint density at radius 2 is 2.12 bits per heavy atom. The van der Waals surface area contributed by atoms with Crippen molar-refractivity contribution in [1.82, 2.24) is 25.1 Å². The van der Waals surface area contributed by atoms with Gasteiger partial charge in [0.1, 0.15) is 5.75 Å². The second-order valence-electron chi connectivity index (χ2n) is 8.27. The summed E-state index contributed by atoms with van der Waals surface area (Å²) in [6.07, 6.45) is 2.65. The van der Waals surface area contributed by atoms with Gasteiger partial charge in [-0.2, -0.15) is 5.10 Å². The number of carbonyl (C=O) groups excluding carboxylic acids is 1. The zero-order valence-corrected chi connectivity index (χ0v) is 18.7. The molecule has 1 aromatic carbocycles. The number of aromatic amines is 1. The third-order valence-corrected chi connectivity index (χ3v) is 6.15. The number of para-hydroxylation sites is 1. The molecule has 4 heterocycles. The molecule has 33 heavy (non-hydrogen) atoms. The number of pyridine rings is 2. The Kier molecular flexibility index (Phi) is 5.64. The van der Waals surface area contributed by atoms with Crippen LogP contribution in [0.4, 0.5) is 5.82 Å². The lowest BCUT2D eigenvalue weighted by atomic mass is 10.0. The summed E-state index contributed by atoms with van der Waals surface area (Å²) in [5.41, 5.74) is 4.21. The number of aromatic nitrogens is 4. The lowest BCUT2D eigenvalue weighted by molar-refractivity contribution is 0.0787. The van der Waals surface area contributed by atoms with Gasteiger partial charge in [0.25, 0.3) is 5.91 Å². The van der Waals surface area contributed by atoms with Gasteiger partial charge in [-0.1, -0.05) is 18.2 Å². The predicted molar refractivity (Wildman–Crippen MR) is 126 cm³/mol. The quantitative estimate of drug-likeness (QED) is 0.470. The van der Waals surface area contributed by atoms with E-state index in [2.05, 4.69) is 20.5 Å². The highest BCUT2D eigenvalue weighted by Gasteiger charge is 2.30. The van der Waals surface area contributed by atoms with Crippen LogP contribution in [0.15, 0.2) is 54.7 Å². The Morgan fingerprint density at radius 1 is 1.21 bits per heavy atom. The van der Waals surface area contributed by atoms with E-state index in [4.69, 9.17) is 9.72 Å². The zero-order chi connectivity index (χ0) is 22.8. The number of nitrogens with zero attached hydrogens (tertiary/aromatic N) is 4. The van der Waals surface area contributed by atoms with Crippen molar-refractivity contribution < 1.29 is 9.53 Å². The van der Waals surface area contributed by atoms with E-state index in [1.165, 1.54) is 0 Å². The summed E-state index contributed by atoms with van der Waals surface area (Å²) in [5.74, 6) is 1.59. The maximum absolute atomic E-state index is 13.2. The predicted octanol–water partition coefficient (Wildman–Crippen LogP) is 3.91. The first-order valence-electron chi connectivity index (χ1n) is 11.1. The molecule has 1 fully saturated rings. The van der Waals surface area contributed by atoms with Crippen molar-refractivity contribution in [3.8, 4) is 5.75 Å². The average Bonchev–Trinajstić information content (AvgIpc) is 3.50. The molecule has 168 valence electrons. The summed E-state index contributed by atoms with van der Waals surface area (Å²) in [4.78, 5) is 24.2. The van der Waals surface area contributed by atoms with Crippen LogP contribution in [-0.2, 0) is 6.54 Å². The van der Waals surface area contributed by atoms with Gasteiger partial charge in [0.15, 0.2) is 11.5 Å². The number of amides is 1. The van der Waals surface area contributed by atoms with Gasteiger partial charge in [0.05, 0.1) is 30.3 Å². The van der Waals surface area contributed by atoms with Gasteiger partial charge >= 0.3 is 0 Å². The van der Waals surface area contributed by atoms with Crippen molar-refractivity contribution in [3.63, 3.8) is 0 Å². The fourth-order valence-electron chi connectivity index (χ4n) is 4.41. The topological polar surface area (TPSA) is 96.0 Å². The third kappa shape index (κ3) is 4.11. The molecular weight excluding hydrogens is 416 g/mol. The molecule has 1 aliphatic rings. The van der Waals surface area contributed by atoms with Gasteiger partial charge in [0.2, 0.25) is 0 Å². The zero-order valence-electron chi connectivity index (χ0n) is 18.7. The van der Waals surface area contributed by atoms with Gasteiger partial charge in [-0.05, 0) is 49.2 Å². The van der Waals surface area contributed by atoms with E-state index in [9.17, 15) is 4.79 Å². The molecule has 2 N–H and O–H groups in total. The Labute approximate surface area is 192 Å². The van der Waals surface area contributed by atoms with Crippen LogP contribution >= 0.6 is 0 Å². The average molecular weight is 443 g/mol. The lowest BCUT2D eigenvalue weighted by Crippen LogP contribution is -2.29. The van der Waals surface area contributed by atoms with E-state index in [1.54, 1.807) is 13.3 Å². The lowest BCUT2D eigenvalue weighted by Gasteiger charge is -2.19. The number of methoxy groups -OCH3 is 1. The van der Waals surface area contributed by atoms with Crippen LogP contribution in [0.25, 0.3) is 11.0 Å². The van der Waals surface area contributed by atoms with E-state index in [-0.39, 0.29) is 11.8 Å². The molecule has 5 rings (SSSR count). The number of fused-ring (bicyclic) bond motifs is 1. The normalized spacial score (nSPS) is 15.7. The fourth-order valence-corrected chi connectivity index (χ4v) is 4.41. The molecule has 1 amide bonds. The number of ether oxygens (including phenoxy) is 1. The molecule has 0 aliphatic carbocycles. The molecular formula is C25H26N6O2. The molecule has 0 unspecified atom stereocenters. The second kappa shape index (κ2) is 8.90. The molecule has 1 saturated heterocycles. The van der Waals surface area contributed by atoms with Crippen LogP contribution in [0.1, 0.15) is 39.6 Å². The summed E-state index contributed by atoms with van der Waals surface area (Å²) in [7, 11) is 1.61. The standard InChI is InChI=1S/C25H26N6O2/c1-16-6-5-8-19(22(16)33-2)25(32)31-13-11-17(15-31)21-10-9-20-23(29-30-24(20)28-21)27-14-18-7-3-4-12-26-18/h3-10,12,17H,11,13-15H2,1-2H3,(H2,27,28,29,30)/t17-/m1/s1. The molecule has 0 radical (unpaired) electrons. The number of hydrogen-bond donors (Lipinski definition) is 2. The number of aryl methyl sites for hydroxylation is 1. The summed E-state index contributed by atoms with van der Waals surface area (Å²) >= 11 is 0. The minimum atomic E-state index is 0.00155. The van der Waals surface area contributed by atoms with Gasteiger partial charge in [-0.15, -0.1) is 0 Å². The SMILES string of the molecule is COc1c(C)cccc1C(=O)N1CC[C@@H](c2ccc3c(NCc4ccccn4)n[nH]c3n2)C1. The molecule has 0 bridgehead atoms. The molecule has 8 nitrogen and oxygen atoms in total. The molecule has 3 aromatic heterocycles. The van der Waals surface area contributed by atoms with Crippen molar-refractivity contribution in [3.05, 3.63) is 77.2 Å². The number of hydrogen-bond acceptors (Lipinski definition) is 6. The summed E-state index contributed by atoms with van der Waals surface area (Å²) in [6, 6.07) is 15.6. The molecule has 0 spiro atoms. The van der Waals surface area contributed by atoms with E-state index in [1.807, 2.05) is 60.4 Å². The second-order valence-corrected chi connectivity index (χ2v) is 8.27. The highest BCUT2D eigenvalue weighted by atomic mass is 16.5. The van der Waals surface area contributed by atoms with Crippen molar-refractivity contribution in [2.45, 2.75) is 25.8 Å². The van der Waals surface area contributed by atoms with Crippen LogP contribution in [-0.4, -0.2) is 51.2 Å². The monoisotopic (exact) mass is 442 g/mol. The molecule has 8 heteroatoms. The summed E-state index contributed by atoms with van der Waals surface area (Å²) in [6.45, 7) is 3.86. The van der Waals surface area contributed by atoms with Crippen molar-refractivity contribution in [2.75, 3.05) is 25.5 Å². The van der Waals surface area contributed by atoms with Crippen molar-refractivity contribution >= 4 is 22.8 Å². The smallest absolute Gasteiger partial charge is 0.257 e. The first-order valence-corrected chi connectivity index (χ1v) is 11.1. The van der Waals surface area contributed by atoms with Crippen LogP contribution in [0.2, 0.25) is 0 Å². The molecule has 1 atom stereocenters. The van der Waals surface area contributed by atoms with Gasteiger partial charge < -0.3 is 15.0 Å². The van der Waals surface area contributed by atoms with Crippen molar-refractivity contribution in [2.24, 2.45) is 0 Å². The first kappa shape index (κ1) is 20.9. The number of H-pyrrole nitrogens is 1. The molecule has 1 aliphatic heterocycles.